The number of hydrogen-bond acceptors (Lipinski definition) is 4. The van der Waals surface area contributed by atoms with Crippen molar-refractivity contribution < 1.29 is 4.79 Å². The standard InChI is InChI=1S/C19H25N3O2S/c1-12-6-2-4-8-14(12)21-16(23)10-22-11-20-18-17(19(22)24)13-7-3-5-9-15(13)25-18/h11-12,14H,2-10H2,1H3,(H,21,23)/t12-,14-/m0/s1. The van der Waals surface area contributed by atoms with Gasteiger partial charge < -0.3 is 5.32 Å². The Labute approximate surface area is 151 Å². The number of amides is 1. The van der Waals surface area contributed by atoms with E-state index in [1.54, 1.807) is 11.3 Å². The molecule has 2 atom stereocenters. The highest BCUT2D eigenvalue weighted by molar-refractivity contribution is 7.18. The molecule has 0 aromatic carbocycles. The third-order valence-electron chi connectivity index (χ3n) is 5.71. The smallest absolute Gasteiger partial charge is 0.262 e. The molecule has 0 radical (unpaired) electrons. The van der Waals surface area contributed by atoms with Gasteiger partial charge in [0.05, 0.1) is 11.7 Å². The summed E-state index contributed by atoms with van der Waals surface area (Å²) in [5.74, 6) is 0.435. The number of aryl methyl sites for hydroxylation is 2. The second-order valence-corrected chi connectivity index (χ2v) is 8.59. The van der Waals surface area contributed by atoms with Gasteiger partial charge in [-0.2, -0.15) is 0 Å². The zero-order valence-electron chi connectivity index (χ0n) is 14.7. The first-order valence-corrected chi connectivity index (χ1v) is 10.2. The second-order valence-electron chi connectivity index (χ2n) is 7.50. The molecule has 0 spiro atoms. The molecular weight excluding hydrogens is 334 g/mol. The number of nitrogens with one attached hydrogen (secondary N) is 1. The Balaban J connectivity index is 1.56. The summed E-state index contributed by atoms with van der Waals surface area (Å²) in [6.07, 6.45) is 10.5. The van der Waals surface area contributed by atoms with Crippen LogP contribution in [0, 0.1) is 5.92 Å². The Hall–Kier alpha value is -1.69. The summed E-state index contributed by atoms with van der Waals surface area (Å²) >= 11 is 1.65. The van der Waals surface area contributed by atoms with Crippen LogP contribution in [0.15, 0.2) is 11.1 Å². The van der Waals surface area contributed by atoms with Crippen LogP contribution in [0.5, 0.6) is 0 Å². The largest absolute Gasteiger partial charge is 0.352 e. The van der Waals surface area contributed by atoms with Crippen molar-refractivity contribution in [3.63, 3.8) is 0 Å². The highest BCUT2D eigenvalue weighted by Crippen LogP contribution is 2.33. The molecular formula is C19H25N3O2S. The highest BCUT2D eigenvalue weighted by atomic mass is 32.1. The predicted molar refractivity (Wildman–Crippen MR) is 100 cm³/mol. The van der Waals surface area contributed by atoms with Crippen molar-refractivity contribution in [3.8, 4) is 0 Å². The van der Waals surface area contributed by atoms with Crippen LogP contribution in [0.2, 0.25) is 0 Å². The van der Waals surface area contributed by atoms with Crippen LogP contribution in [-0.4, -0.2) is 21.5 Å². The monoisotopic (exact) mass is 359 g/mol. The lowest BCUT2D eigenvalue weighted by atomic mass is 9.86. The van der Waals surface area contributed by atoms with Crippen molar-refractivity contribution in [3.05, 3.63) is 27.1 Å². The average Bonchev–Trinajstić information content (AvgIpc) is 2.99. The van der Waals surface area contributed by atoms with Crippen LogP contribution in [0.3, 0.4) is 0 Å². The quantitative estimate of drug-likeness (QED) is 0.916. The van der Waals surface area contributed by atoms with Gasteiger partial charge in [0, 0.05) is 10.9 Å². The minimum atomic E-state index is -0.0777. The van der Waals surface area contributed by atoms with E-state index in [-0.39, 0.29) is 24.1 Å². The van der Waals surface area contributed by atoms with Gasteiger partial charge in [0.1, 0.15) is 11.4 Å². The summed E-state index contributed by atoms with van der Waals surface area (Å²) < 4.78 is 1.48. The van der Waals surface area contributed by atoms with Crippen LogP contribution in [0.25, 0.3) is 10.2 Å². The molecule has 2 aromatic heterocycles. The van der Waals surface area contributed by atoms with Crippen LogP contribution < -0.4 is 10.9 Å². The maximum absolute atomic E-state index is 12.9. The summed E-state index contributed by atoms with van der Waals surface area (Å²) in [5.41, 5.74) is 1.12. The number of aromatic nitrogens is 2. The van der Waals surface area contributed by atoms with E-state index in [0.29, 0.717) is 5.92 Å². The van der Waals surface area contributed by atoms with Gasteiger partial charge in [0.2, 0.25) is 5.91 Å². The molecule has 2 aromatic rings. The number of carbonyl (C=O) groups excluding carboxylic acids is 1. The first-order chi connectivity index (χ1) is 12.1. The average molecular weight is 359 g/mol. The maximum atomic E-state index is 12.9. The van der Waals surface area contributed by atoms with Crippen LogP contribution in [-0.2, 0) is 24.2 Å². The van der Waals surface area contributed by atoms with E-state index in [4.69, 9.17) is 0 Å². The van der Waals surface area contributed by atoms with Gasteiger partial charge >= 0.3 is 0 Å². The Morgan fingerprint density at radius 3 is 2.92 bits per heavy atom. The molecule has 1 amide bonds. The Bertz CT molecular complexity index is 854. The van der Waals surface area contributed by atoms with Crippen LogP contribution >= 0.6 is 11.3 Å². The number of fused-ring (bicyclic) bond motifs is 3. The van der Waals surface area contributed by atoms with Gasteiger partial charge in [-0.05, 0) is 50.0 Å². The van der Waals surface area contributed by atoms with Gasteiger partial charge in [-0.1, -0.05) is 19.8 Å². The van der Waals surface area contributed by atoms with Gasteiger partial charge in [-0.15, -0.1) is 11.3 Å². The normalized spacial score (nSPS) is 23.4. The van der Waals surface area contributed by atoms with E-state index < -0.39 is 0 Å². The fourth-order valence-corrected chi connectivity index (χ4v) is 5.45. The third-order valence-corrected chi connectivity index (χ3v) is 6.91. The maximum Gasteiger partial charge on any atom is 0.262 e. The zero-order chi connectivity index (χ0) is 17.4. The van der Waals surface area contributed by atoms with E-state index >= 15 is 0 Å². The van der Waals surface area contributed by atoms with Crippen LogP contribution in [0.4, 0.5) is 0 Å². The molecule has 1 fully saturated rings. The summed E-state index contributed by atoms with van der Waals surface area (Å²) in [6, 6.07) is 0.238. The van der Waals surface area contributed by atoms with E-state index in [1.165, 1.54) is 47.0 Å². The zero-order valence-corrected chi connectivity index (χ0v) is 15.5. The molecule has 1 saturated carbocycles. The van der Waals surface area contributed by atoms with Crippen molar-refractivity contribution in [1.82, 2.24) is 14.9 Å². The van der Waals surface area contributed by atoms with E-state index in [0.717, 1.165) is 35.9 Å². The van der Waals surface area contributed by atoms with E-state index in [1.807, 2.05) is 0 Å². The van der Waals surface area contributed by atoms with Gasteiger partial charge in [0.25, 0.3) is 5.56 Å². The number of hydrogen-bond donors (Lipinski definition) is 1. The van der Waals surface area contributed by atoms with Crippen molar-refractivity contribution in [1.29, 1.82) is 0 Å². The molecule has 6 heteroatoms. The molecule has 1 N–H and O–H groups in total. The lowest BCUT2D eigenvalue weighted by Crippen LogP contribution is -2.43. The van der Waals surface area contributed by atoms with E-state index in [9.17, 15) is 9.59 Å². The number of nitrogens with zero attached hydrogens (tertiary/aromatic N) is 2. The Kier molecular flexibility index (Phi) is 4.63. The summed E-state index contributed by atoms with van der Waals surface area (Å²) in [7, 11) is 0. The minimum Gasteiger partial charge on any atom is -0.352 e. The molecule has 2 heterocycles. The third kappa shape index (κ3) is 3.24. The predicted octanol–water partition coefficient (Wildman–Crippen LogP) is 3.03. The molecule has 0 saturated heterocycles. The van der Waals surface area contributed by atoms with Gasteiger partial charge in [-0.25, -0.2) is 4.98 Å². The minimum absolute atomic E-state index is 0.0590. The van der Waals surface area contributed by atoms with Crippen molar-refractivity contribution in [2.24, 2.45) is 5.92 Å². The lowest BCUT2D eigenvalue weighted by molar-refractivity contribution is -0.123. The fraction of sp³-hybridized carbons (Fsp3) is 0.632. The molecule has 0 unspecified atom stereocenters. The molecule has 2 aliphatic rings. The van der Waals surface area contributed by atoms with Gasteiger partial charge in [-0.3, -0.25) is 14.2 Å². The lowest BCUT2D eigenvalue weighted by Gasteiger charge is -2.29. The second kappa shape index (κ2) is 6.90. The van der Waals surface area contributed by atoms with Crippen molar-refractivity contribution in [2.45, 2.75) is 70.9 Å². The van der Waals surface area contributed by atoms with E-state index in [2.05, 4.69) is 17.2 Å². The van der Waals surface area contributed by atoms with Crippen molar-refractivity contribution >= 4 is 27.5 Å². The molecule has 25 heavy (non-hydrogen) atoms. The molecule has 2 aliphatic carbocycles. The Morgan fingerprint density at radius 2 is 2.08 bits per heavy atom. The number of carbonyl (C=O) groups is 1. The Morgan fingerprint density at radius 1 is 1.28 bits per heavy atom. The molecule has 4 rings (SSSR count). The molecule has 0 aliphatic heterocycles. The molecule has 0 bridgehead atoms. The van der Waals surface area contributed by atoms with Crippen molar-refractivity contribution in [2.75, 3.05) is 0 Å². The first-order valence-electron chi connectivity index (χ1n) is 9.42. The molecule has 134 valence electrons. The number of thiophene rings is 1. The summed E-state index contributed by atoms with van der Waals surface area (Å²) in [5, 5.41) is 3.88. The summed E-state index contributed by atoms with van der Waals surface area (Å²) in [4.78, 5) is 31.9. The topological polar surface area (TPSA) is 64.0 Å². The fourth-order valence-electron chi connectivity index (χ4n) is 4.23. The first kappa shape index (κ1) is 16.8. The summed E-state index contributed by atoms with van der Waals surface area (Å²) in [6.45, 7) is 2.26. The highest BCUT2D eigenvalue weighted by Gasteiger charge is 2.24. The van der Waals surface area contributed by atoms with Crippen LogP contribution in [0.1, 0.15) is 55.9 Å². The molecule has 5 nitrogen and oxygen atoms in total. The number of rotatable bonds is 3. The van der Waals surface area contributed by atoms with Gasteiger partial charge in [0.15, 0.2) is 0 Å². The SMILES string of the molecule is C[C@H]1CCCC[C@@H]1NC(=O)Cn1cnc2sc3c(c2c1=O)CCCC3.